The summed E-state index contributed by atoms with van der Waals surface area (Å²) in [5.74, 6) is -0.515. The zero-order chi connectivity index (χ0) is 17.9. The van der Waals surface area contributed by atoms with Gasteiger partial charge < -0.3 is 4.74 Å². The second kappa shape index (κ2) is 7.18. The Labute approximate surface area is 143 Å². The minimum atomic E-state index is -3.50. The van der Waals surface area contributed by atoms with E-state index in [2.05, 4.69) is 0 Å². The molecular formula is C19H22O4S. The number of benzene rings is 2. The minimum absolute atomic E-state index is 0.145. The SMILES string of the molecule is CCCc1cc(-c2ccc(C)cc2)c(S(C)(=O)=O)cc1C(=O)OC. The van der Waals surface area contributed by atoms with Crippen molar-refractivity contribution in [1.82, 2.24) is 0 Å². The van der Waals surface area contributed by atoms with Crippen LogP contribution in [0.1, 0.15) is 34.8 Å². The summed E-state index contributed by atoms with van der Waals surface area (Å²) in [4.78, 5) is 12.2. The van der Waals surface area contributed by atoms with Gasteiger partial charge in [0.2, 0.25) is 0 Å². The molecule has 0 saturated carbocycles. The second-order valence-electron chi connectivity index (χ2n) is 5.89. The molecule has 5 heteroatoms. The first-order chi connectivity index (χ1) is 11.3. The Morgan fingerprint density at radius 2 is 1.75 bits per heavy atom. The predicted molar refractivity (Wildman–Crippen MR) is 95.1 cm³/mol. The van der Waals surface area contributed by atoms with E-state index in [-0.39, 0.29) is 4.90 Å². The third-order valence-electron chi connectivity index (χ3n) is 3.89. The van der Waals surface area contributed by atoms with Gasteiger partial charge >= 0.3 is 5.97 Å². The number of sulfone groups is 1. The number of carbonyl (C=O) groups excluding carboxylic acids is 1. The summed E-state index contributed by atoms with van der Waals surface area (Å²) in [6, 6.07) is 10.9. The summed E-state index contributed by atoms with van der Waals surface area (Å²) in [6.45, 7) is 3.99. The van der Waals surface area contributed by atoms with Crippen LogP contribution in [0.5, 0.6) is 0 Å². The van der Waals surface area contributed by atoms with Crippen LogP contribution >= 0.6 is 0 Å². The zero-order valence-corrected chi connectivity index (χ0v) is 15.2. The quantitative estimate of drug-likeness (QED) is 0.773. The number of hydrogen-bond donors (Lipinski definition) is 0. The summed E-state index contributed by atoms with van der Waals surface area (Å²) in [7, 11) is -2.20. The van der Waals surface area contributed by atoms with Crippen LogP contribution in [0.15, 0.2) is 41.3 Å². The van der Waals surface area contributed by atoms with E-state index < -0.39 is 15.8 Å². The van der Waals surface area contributed by atoms with E-state index in [4.69, 9.17) is 4.74 Å². The molecule has 0 spiro atoms. The highest BCUT2D eigenvalue weighted by molar-refractivity contribution is 7.90. The van der Waals surface area contributed by atoms with Crippen LogP contribution in [0, 0.1) is 6.92 Å². The molecule has 2 rings (SSSR count). The van der Waals surface area contributed by atoms with Crippen molar-refractivity contribution < 1.29 is 17.9 Å². The van der Waals surface area contributed by atoms with Gasteiger partial charge in [-0.05, 0) is 36.6 Å². The molecule has 2 aromatic carbocycles. The van der Waals surface area contributed by atoms with Crippen molar-refractivity contribution >= 4 is 15.8 Å². The lowest BCUT2D eigenvalue weighted by molar-refractivity contribution is 0.0599. The van der Waals surface area contributed by atoms with Crippen LogP contribution in [0.2, 0.25) is 0 Å². The number of methoxy groups -OCH3 is 1. The summed E-state index contributed by atoms with van der Waals surface area (Å²) in [5.41, 5.74) is 3.64. The Morgan fingerprint density at radius 3 is 2.25 bits per heavy atom. The van der Waals surface area contributed by atoms with Gasteiger partial charge in [0.25, 0.3) is 0 Å². The first kappa shape index (κ1) is 18.2. The smallest absolute Gasteiger partial charge is 0.338 e. The van der Waals surface area contributed by atoms with Gasteiger partial charge in [0.15, 0.2) is 9.84 Å². The zero-order valence-electron chi connectivity index (χ0n) is 14.4. The maximum Gasteiger partial charge on any atom is 0.338 e. The lowest BCUT2D eigenvalue weighted by Crippen LogP contribution is -2.10. The molecular weight excluding hydrogens is 324 g/mol. The normalized spacial score (nSPS) is 11.3. The summed E-state index contributed by atoms with van der Waals surface area (Å²) >= 11 is 0. The third kappa shape index (κ3) is 3.85. The topological polar surface area (TPSA) is 60.4 Å². The van der Waals surface area contributed by atoms with Gasteiger partial charge in [-0.15, -0.1) is 0 Å². The number of hydrogen-bond acceptors (Lipinski definition) is 4. The molecule has 0 aliphatic rings. The van der Waals surface area contributed by atoms with Crippen LogP contribution < -0.4 is 0 Å². The molecule has 0 aliphatic heterocycles. The molecule has 0 saturated heterocycles. The Bertz CT molecular complexity index is 850. The molecule has 0 aliphatic carbocycles. The van der Waals surface area contributed by atoms with Crippen molar-refractivity contribution in [3.05, 3.63) is 53.1 Å². The fourth-order valence-corrected chi connectivity index (χ4v) is 3.57. The van der Waals surface area contributed by atoms with Crippen molar-refractivity contribution in [2.75, 3.05) is 13.4 Å². The Kier molecular flexibility index (Phi) is 5.44. The fourth-order valence-electron chi connectivity index (χ4n) is 2.67. The van der Waals surface area contributed by atoms with Crippen molar-refractivity contribution in [2.45, 2.75) is 31.6 Å². The third-order valence-corrected chi connectivity index (χ3v) is 5.03. The summed E-state index contributed by atoms with van der Waals surface area (Å²) in [5, 5.41) is 0. The molecule has 0 N–H and O–H groups in total. The van der Waals surface area contributed by atoms with Crippen molar-refractivity contribution in [1.29, 1.82) is 0 Å². The van der Waals surface area contributed by atoms with Crippen molar-refractivity contribution in [2.24, 2.45) is 0 Å². The van der Waals surface area contributed by atoms with E-state index in [1.165, 1.54) is 13.2 Å². The molecule has 0 unspecified atom stereocenters. The number of rotatable bonds is 5. The molecule has 128 valence electrons. The van der Waals surface area contributed by atoms with Crippen LogP contribution in [0.25, 0.3) is 11.1 Å². The fraction of sp³-hybridized carbons (Fsp3) is 0.316. The molecule has 0 atom stereocenters. The lowest BCUT2D eigenvalue weighted by atomic mass is 9.96. The van der Waals surface area contributed by atoms with Crippen LogP contribution in [-0.4, -0.2) is 27.8 Å². The highest BCUT2D eigenvalue weighted by Gasteiger charge is 2.21. The second-order valence-corrected chi connectivity index (χ2v) is 7.87. The van der Waals surface area contributed by atoms with Gasteiger partial charge in [-0.2, -0.15) is 0 Å². The van der Waals surface area contributed by atoms with Crippen LogP contribution in [-0.2, 0) is 21.0 Å². The van der Waals surface area contributed by atoms with Gasteiger partial charge in [-0.25, -0.2) is 13.2 Å². The average molecular weight is 346 g/mol. The summed E-state index contributed by atoms with van der Waals surface area (Å²) in [6.07, 6.45) is 2.67. The van der Waals surface area contributed by atoms with Crippen LogP contribution in [0.3, 0.4) is 0 Å². The Hall–Kier alpha value is -2.14. The molecule has 2 aromatic rings. The van der Waals surface area contributed by atoms with E-state index in [1.54, 1.807) is 6.07 Å². The minimum Gasteiger partial charge on any atom is -0.465 e. The van der Waals surface area contributed by atoms with Gasteiger partial charge in [0, 0.05) is 11.8 Å². The first-order valence-corrected chi connectivity index (χ1v) is 9.69. The van der Waals surface area contributed by atoms with Gasteiger partial charge in [-0.3, -0.25) is 0 Å². The van der Waals surface area contributed by atoms with Crippen LogP contribution in [0.4, 0.5) is 0 Å². The molecule has 0 fully saturated rings. The molecule has 0 aromatic heterocycles. The van der Waals surface area contributed by atoms with E-state index in [0.717, 1.165) is 29.4 Å². The molecule has 0 bridgehead atoms. The van der Waals surface area contributed by atoms with E-state index >= 15 is 0 Å². The number of ether oxygens (including phenoxy) is 1. The molecule has 0 radical (unpaired) electrons. The summed E-state index contributed by atoms with van der Waals surface area (Å²) < 4.78 is 29.4. The van der Waals surface area contributed by atoms with Crippen molar-refractivity contribution in [3.63, 3.8) is 0 Å². The molecule has 0 amide bonds. The van der Waals surface area contributed by atoms with Crippen molar-refractivity contribution in [3.8, 4) is 11.1 Å². The lowest BCUT2D eigenvalue weighted by Gasteiger charge is -2.15. The standard InChI is InChI=1S/C19H22O4S/c1-5-6-15-11-16(14-9-7-13(2)8-10-14)18(24(4,21)22)12-17(15)19(20)23-3/h7-12H,5-6H2,1-4H3. The van der Waals surface area contributed by atoms with E-state index in [9.17, 15) is 13.2 Å². The average Bonchev–Trinajstić information content (AvgIpc) is 2.54. The van der Waals surface area contributed by atoms with Gasteiger partial charge in [0.1, 0.15) is 0 Å². The molecule has 4 nitrogen and oxygen atoms in total. The maximum absolute atomic E-state index is 12.3. The Balaban J connectivity index is 2.79. The number of esters is 1. The monoisotopic (exact) mass is 346 g/mol. The predicted octanol–water partition coefficient (Wildman–Crippen LogP) is 3.80. The highest BCUT2D eigenvalue weighted by Crippen LogP contribution is 2.31. The Morgan fingerprint density at radius 1 is 1.12 bits per heavy atom. The maximum atomic E-state index is 12.3. The molecule has 24 heavy (non-hydrogen) atoms. The van der Waals surface area contributed by atoms with E-state index in [0.29, 0.717) is 17.5 Å². The largest absolute Gasteiger partial charge is 0.465 e. The van der Waals surface area contributed by atoms with Gasteiger partial charge in [-0.1, -0.05) is 43.2 Å². The van der Waals surface area contributed by atoms with Gasteiger partial charge in [0.05, 0.1) is 17.6 Å². The molecule has 0 heterocycles. The first-order valence-electron chi connectivity index (χ1n) is 7.80. The number of aryl methyl sites for hydroxylation is 2. The highest BCUT2D eigenvalue weighted by atomic mass is 32.2. The van der Waals surface area contributed by atoms with E-state index in [1.807, 2.05) is 38.1 Å². The number of carbonyl (C=O) groups is 1.